The number of hydrogen-bond acceptors (Lipinski definition) is 3. The molecule has 0 saturated heterocycles. The minimum atomic E-state index is -3.40. The second-order valence-corrected chi connectivity index (χ2v) is 8.67. The standard InChI is InChI=1S/C15H25N3O2S/c1-4-16-9-12-7-13(10-18(12)11-5-6-11)21(19,20)17-14-8-15(14,2)3/h7,10-11,14,16-17H,4-6,8-9H2,1-3H3. The Kier molecular flexibility index (Phi) is 3.66. The van der Waals surface area contributed by atoms with Gasteiger partial charge in [0.2, 0.25) is 10.0 Å². The van der Waals surface area contributed by atoms with E-state index in [1.807, 2.05) is 12.3 Å². The minimum Gasteiger partial charge on any atom is -0.346 e. The summed E-state index contributed by atoms with van der Waals surface area (Å²) in [6, 6.07) is 2.38. The molecule has 0 aliphatic heterocycles. The third-order valence-corrected chi connectivity index (χ3v) is 5.96. The number of rotatable bonds is 7. The van der Waals surface area contributed by atoms with E-state index in [-0.39, 0.29) is 11.5 Å². The van der Waals surface area contributed by atoms with E-state index in [0.29, 0.717) is 10.9 Å². The van der Waals surface area contributed by atoms with Crippen LogP contribution < -0.4 is 10.0 Å². The Balaban J connectivity index is 1.81. The molecule has 0 aromatic carbocycles. The van der Waals surface area contributed by atoms with Gasteiger partial charge >= 0.3 is 0 Å². The zero-order valence-electron chi connectivity index (χ0n) is 13.0. The lowest BCUT2D eigenvalue weighted by atomic mass is 10.2. The van der Waals surface area contributed by atoms with Crippen molar-refractivity contribution in [2.45, 2.75) is 63.6 Å². The van der Waals surface area contributed by atoms with Crippen molar-refractivity contribution in [2.24, 2.45) is 5.41 Å². The maximum atomic E-state index is 12.5. The zero-order chi connectivity index (χ0) is 15.3. The van der Waals surface area contributed by atoms with Crippen LogP contribution in [0.15, 0.2) is 17.2 Å². The average Bonchev–Trinajstić information content (AvgIpc) is 3.28. The SMILES string of the molecule is CCNCc1cc(S(=O)(=O)NC2CC2(C)C)cn1C1CC1. The van der Waals surface area contributed by atoms with Crippen LogP contribution in [-0.4, -0.2) is 25.6 Å². The molecular weight excluding hydrogens is 286 g/mol. The third kappa shape index (κ3) is 3.17. The molecule has 0 amide bonds. The predicted molar refractivity (Wildman–Crippen MR) is 82.6 cm³/mol. The van der Waals surface area contributed by atoms with Gasteiger partial charge in [-0.25, -0.2) is 13.1 Å². The fraction of sp³-hybridized carbons (Fsp3) is 0.733. The van der Waals surface area contributed by atoms with Crippen molar-refractivity contribution in [1.82, 2.24) is 14.6 Å². The Morgan fingerprint density at radius 3 is 2.57 bits per heavy atom. The van der Waals surface area contributed by atoms with E-state index < -0.39 is 10.0 Å². The molecule has 2 aliphatic rings. The lowest BCUT2D eigenvalue weighted by Crippen LogP contribution is -2.28. The third-order valence-electron chi connectivity index (χ3n) is 4.52. The monoisotopic (exact) mass is 311 g/mol. The lowest BCUT2D eigenvalue weighted by molar-refractivity contribution is 0.554. The molecule has 1 atom stereocenters. The zero-order valence-corrected chi connectivity index (χ0v) is 13.8. The summed E-state index contributed by atoms with van der Waals surface area (Å²) >= 11 is 0. The molecule has 0 radical (unpaired) electrons. The van der Waals surface area contributed by atoms with Gasteiger partial charge in [0.1, 0.15) is 0 Å². The molecular formula is C15H25N3O2S. The Bertz CT molecular complexity index is 629. The summed E-state index contributed by atoms with van der Waals surface area (Å²) in [7, 11) is -3.40. The number of aromatic nitrogens is 1. The summed E-state index contributed by atoms with van der Waals surface area (Å²) in [6.45, 7) is 7.83. The van der Waals surface area contributed by atoms with Crippen LogP contribution in [0, 0.1) is 5.41 Å². The molecule has 1 aromatic rings. The summed E-state index contributed by atoms with van der Waals surface area (Å²) < 4.78 is 30.0. The average molecular weight is 311 g/mol. The van der Waals surface area contributed by atoms with E-state index in [1.54, 1.807) is 0 Å². The molecule has 21 heavy (non-hydrogen) atoms. The first-order chi connectivity index (χ1) is 9.83. The van der Waals surface area contributed by atoms with Crippen LogP contribution in [0.2, 0.25) is 0 Å². The van der Waals surface area contributed by atoms with E-state index in [0.717, 1.165) is 38.0 Å². The molecule has 1 aromatic heterocycles. The minimum absolute atomic E-state index is 0.0731. The Hall–Kier alpha value is -0.850. The molecule has 0 bridgehead atoms. The number of nitrogens with zero attached hydrogens (tertiary/aromatic N) is 1. The van der Waals surface area contributed by atoms with Gasteiger partial charge in [0, 0.05) is 30.5 Å². The highest BCUT2D eigenvalue weighted by Gasteiger charge is 2.48. The Morgan fingerprint density at radius 1 is 1.38 bits per heavy atom. The molecule has 2 N–H and O–H groups in total. The summed E-state index contributed by atoms with van der Waals surface area (Å²) in [5, 5.41) is 3.28. The molecule has 118 valence electrons. The van der Waals surface area contributed by atoms with Crippen molar-refractivity contribution in [3.05, 3.63) is 18.0 Å². The first-order valence-electron chi connectivity index (χ1n) is 7.77. The highest BCUT2D eigenvalue weighted by molar-refractivity contribution is 7.89. The first-order valence-corrected chi connectivity index (χ1v) is 9.25. The second kappa shape index (κ2) is 5.11. The van der Waals surface area contributed by atoms with Gasteiger partial charge in [0.05, 0.1) is 4.90 Å². The fourth-order valence-electron chi connectivity index (χ4n) is 2.65. The molecule has 5 nitrogen and oxygen atoms in total. The summed E-state index contributed by atoms with van der Waals surface area (Å²) in [6.07, 6.45) is 5.02. The van der Waals surface area contributed by atoms with Gasteiger partial charge in [0.15, 0.2) is 0 Å². The summed E-state index contributed by atoms with van der Waals surface area (Å²) in [4.78, 5) is 0.407. The van der Waals surface area contributed by atoms with Gasteiger partial charge in [-0.2, -0.15) is 0 Å². The van der Waals surface area contributed by atoms with E-state index in [1.165, 1.54) is 0 Å². The van der Waals surface area contributed by atoms with E-state index in [9.17, 15) is 8.42 Å². The van der Waals surface area contributed by atoms with Crippen LogP contribution in [0.4, 0.5) is 0 Å². The quantitative estimate of drug-likeness (QED) is 0.809. The normalized spacial score (nSPS) is 24.2. The predicted octanol–water partition coefficient (Wildman–Crippen LogP) is 2.01. The lowest BCUT2D eigenvalue weighted by Gasteiger charge is -2.07. The molecule has 3 rings (SSSR count). The van der Waals surface area contributed by atoms with Crippen LogP contribution in [0.25, 0.3) is 0 Å². The molecule has 0 spiro atoms. The van der Waals surface area contributed by atoms with E-state index in [2.05, 4.69) is 35.4 Å². The number of sulfonamides is 1. The Labute approximate surface area is 127 Å². The highest BCUT2D eigenvalue weighted by Crippen LogP contribution is 2.45. The maximum Gasteiger partial charge on any atom is 0.242 e. The second-order valence-electron chi connectivity index (χ2n) is 6.95. The Morgan fingerprint density at radius 2 is 2.05 bits per heavy atom. The van der Waals surface area contributed by atoms with Crippen molar-refractivity contribution in [3.63, 3.8) is 0 Å². The van der Waals surface area contributed by atoms with E-state index in [4.69, 9.17) is 0 Å². The van der Waals surface area contributed by atoms with Gasteiger partial charge in [-0.05, 0) is 37.3 Å². The highest BCUT2D eigenvalue weighted by atomic mass is 32.2. The van der Waals surface area contributed by atoms with Gasteiger partial charge in [-0.3, -0.25) is 0 Å². The molecule has 2 aliphatic carbocycles. The molecule has 1 unspecified atom stereocenters. The van der Waals surface area contributed by atoms with Crippen LogP contribution in [0.3, 0.4) is 0 Å². The summed E-state index contributed by atoms with van der Waals surface area (Å²) in [5.41, 5.74) is 1.16. The van der Waals surface area contributed by atoms with Crippen molar-refractivity contribution in [3.8, 4) is 0 Å². The van der Waals surface area contributed by atoms with Gasteiger partial charge in [-0.15, -0.1) is 0 Å². The fourth-order valence-corrected chi connectivity index (χ4v) is 4.11. The molecule has 2 fully saturated rings. The molecule has 2 saturated carbocycles. The smallest absolute Gasteiger partial charge is 0.242 e. The van der Waals surface area contributed by atoms with Crippen molar-refractivity contribution >= 4 is 10.0 Å². The first kappa shape index (κ1) is 15.1. The summed E-state index contributed by atoms with van der Waals surface area (Å²) in [5.74, 6) is 0. The van der Waals surface area contributed by atoms with Gasteiger partial charge < -0.3 is 9.88 Å². The van der Waals surface area contributed by atoms with E-state index >= 15 is 0 Å². The van der Waals surface area contributed by atoms with Crippen LogP contribution >= 0.6 is 0 Å². The van der Waals surface area contributed by atoms with Crippen LogP contribution in [0.5, 0.6) is 0 Å². The molecule has 1 heterocycles. The number of nitrogens with one attached hydrogen (secondary N) is 2. The van der Waals surface area contributed by atoms with Crippen molar-refractivity contribution in [1.29, 1.82) is 0 Å². The van der Waals surface area contributed by atoms with Gasteiger partial charge in [0.25, 0.3) is 0 Å². The largest absolute Gasteiger partial charge is 0.346 e. The topological polar surface area (TPSA) is 63.1 Å². The van der Waals surface area contributed by atoms with Gasteiger partial charge in [-0.1, -0.05) is 20.8 Å². The molecule has 6 heteroatoms. The van der Waals surface area contributed by atoms with Crippen LogP contribution in [-0.2, 0) is 16.6 Å². The van der Waals surface area contributed by atoms with Crippen LogP contribution in [0.1, 0.15) is 51.8 Å². The van der Waals surface area contributed by atoms with Crippen molar-refractivity contribution in [2.75, 3.05) is 6.54 Å². The number of hydrogen-bond donors (Lipinski definition) is 2. The maximum absolute atomic E-state index is 12.5. The van der Waals surface area contributed by atoms with Crippen molar-refractivity contribution < 1.29 is 8.42 Å².